The van der Waals surface area contributed by atoms with Crippen LogP contribution in [0.5, 0.6) is 0 Å². The molecule has 0 aliphatic rings. The van der Waals surface area contributed by atoms with Gasteiger partial charge in [0.1, 0.15) is 5.82 Å². The predicted molar refractivity (Wildman–Crippen MR) is 63.8 cm³/mol. The summed E-state index contributed by atoms with van der Waals surface area (Å²) in [4.78, 5) is 0. The topological polar surface area (TPSA) is 46.2 Å². The third-order valence-corrected chi connectivity index (χ3v) is 3.06. The first kappa shape index (κ1) is 13.1. The molecule has 0 bridgehead atoms. The molecule has 0 aliphatic carbocycles. The highest BCUT2D eigenvalue weighted by Gasteiger charge is 2.19. The monoisotopic (exact) mass is 225 g/mol. The minimum absolute atomic E-state index is 0.0105. The second-order valence-electron chi connectivity index (χ2n) is 4.19. The largest absolute Gasteiger partial charge is 0.396 e. The third-order valence-electron chi connectivity index (χ3n) is 3.06. The van der Waals surface area contributed by atoms with Crippen LogP contribution in [-0.2, 0) is 0 Å². The van der Waals surface area contributed by atoms with Crippen molar-refractivity contribution in [2.45, 2.75) is 38.6 Å². The highest BCUT2D eigenvalue weighted by atomic mass is 19.1. The van der Waals surface area contributed by atoms with E-state index < -0.39 is 0 Å². The van der Waals surface area contributed by atoms with E-state index in [1.165, 1.54) is 12.1 Å². The summed E-state index contributed by atoms with van der Waals surface area (Å²) in [6.45, 7) is 4.01. The molecule has 1 aromatic rings. The second kappa shape index (κ2) is 5.97. The summed E-state index contributed by atoms with van der Waals surface area (Å²) in [6, 6.07) is 4.76. The van der Waals surface area contributed by atoms with Crippen LogP contribution in [0.2, 0.25) is 0 Å². The maximum atomic E-state index is 13.0. The molecule has 16 heavy (non-hydrogen) atoms. The fourth-order valence-electron chi connectivity index (χ4n) is 2.08. The number of hydrogen-bond donors (Lipinski definition) is 2. The van der Waals surface area contributed by atoms with Crippen molar-refractivity contribution in [1.29, 1.82) is 0 Å². The van der Waals surface area contributed by atoms with E-state index in [4.69, 9.17) is 10.8 Å². The minimum atomic E-state index is -0.228. The zero-order chi connectivity index (χ0) is 12.1. The Bertz CT molecular complexity index is 341. The molecular weight excluding hydrogens is 205 g/mol. The number of aliphatic hydroxyl groups is 1. The SMILES string of the molecule is CCC(N)C(CCO)c1ccc(F)cc1C. The fraction of sp³-hybridized carbons (Fsp3) is 0.538. The number of nitrogens with two attached hydrogens (primary N) is 1. The highest BCUT2D eigenvalue weighted by molar-refractivity contribution is 5.31. The van der Waals surface area contributed by atoms with E-state index in [0.717, 1.165) is 17.5 Å². The lowest BCUT2D eigenvalue weighted by atomic mass is 9.85. The maximum Gasteiger partial charge on any atom is 0.123 e. The van der Waals surface area contributed by atoms with Crippen LogP contribution < -0.4 is 5.73 Å². The molecule has 0 heterocycles. The van der Waals surface area contributed by atoms with Crippen LogP contribution in [0.4, 0.5) is 4.39 Å². The van der Waals surface area contributed by atoms with Gasteiger partial charge in [-0.1, -0.05) is 13.0 Å². The van der Waals surface area contributed by atoms with E-state index in [9.17, 15) is 4.39 Å². The summed E-state index contributed by atoms with van der Waals surface area (Å²) in [6.07, 6.45) is 1.48. The van der Waals surface area contributed by atoms with Gasteiger partial charge in [-0.25, -0.2) is 4.39 Å². The summed E-state index contributed by atoms with van der Waals surface area (Å²) in [5, 5.41) is 9.06. The lowest BCUT2D eigenvalue weighted by Crippen LogP contribution is -2.28. The first-order chi connectivity index (χ1) is 7.60. The first-order valence-corrected chi connectivity index (χ1v) is 5.72. The molecule has 0 spiro atoms. The van der Waals surface area contributed by atoms with Crippen LogP contribution in [0.1, 0.15) is 36.8 Å². The standard InChI is InChI=1S/C13H20FNO/c1-3-13(15)12(6-7-16)11-5-4-10(14)8-9(11)2/h4-5,8,12-13,16H,3,6-7,15H2,1-2H3. The highest BCUT2D eigenvalue weighted by Crippen LogP contribution is 2.27. The number of hydrogen-bond acceptors (Lipinski definition) is 2. The van der Waals surface area contributed by atoms with Crippen LogP contribution >= 0.6 is 0 Å². The van der Waals surface area contributed by atoms with Gasteiger partial charge in [-0.15, -0.1) is 0 Å². The Labute approximate surface area is 96.3 Å². The molecule has 0 aliphatic heterocycles. The molecule has 90 valence electrons. The van der Waals surface area contributed by atoms with Gasteiger partial charge in [0.25, 0.3) is 0 Å². The van der Waals surface area contributed by atoms with E-state index >= 15 is 0 Å². The Morgan fingerprint density at radius 1 is 1.44 bits per heavy atom. The molecule has 0 saturated heterocycles. The molecule has 2 unspecified atom stereocenters. The Hall–Kier alpha value is -0.930. The van der Waals surface area contributed by atoms with Gasteiger partial charge in [-0.3, -0.25) is 0 Å². The lowest BCUT2D eigenvalue weighted by molar-refractivity contribution is 0.266. The number of rotatable bonds is 5. The normalized spacial score (nSPS) is 14.8. The van der Waals surface area contributed by atoms with Gasteiger partial charge in [-0.05, 0) is 43.0 Å². The number of benzene rings is 1. The van der Waals surface area contributed by atoms with Crippen molar-refractivity contribution in [2.24, 2.45) is 5.73 Å². The van der Waals surface area contributed by atoms with Gasteiger partial charge in [0.05, 0.1) is 0 Å². The molecule has 0 amide bonds. The van der Waals surface area contributed by atoms with Crippen LogP contribution in [0.3, 0.4) is 0 Å². The summed E-state index contributed by atoms with van der Waals surface area (Å²) in [5.74, 6) is -0.121. The van der Waals surface area contributed by atoms with Gasteiger partial charge < -0.3 is 10.8 Å². The molecule has 0 radical (unpaired) electrons. The van der Waals surface area contributed by atoms with Gasteiger partial charge in [0.2, 0.25) is 0 Å². The molecule has 0 fully saturated rings. The fourth-order valence-corrected chi connectivity index (χ4v) is 2.08. The second-order valence-corrected chi connectivity index (χ2v) is 4.19. The zero-order valence-corrected chi connectivity index (χ0v) is 9.91. The zero-order valence-electron chi connectivity index (χ0n) is 9.91. The molecule has 1 rings (SSSR count). The van der Waals surface area contributed by atoms with Crippen molar-refractivity contribution < 1.29 is 9.50 Å². The van der Waals surface area contributed by atoms with Gasteiger partial charge >= 0.3 is 0 Å². The van der Waals surface area contributed by atoms with Crippen molar-refractivity contribution in [1.82, 2.24) is 0 Å². The Kier molecular flexibility index (Phi) is 4.90. The minimum Gasteiger partial charge on any atom is -0.396 e. The molecule has 0 saturated carbocycles. The van der Waals surface area contributed by atoms with Crippen LogP contribution in [-0.4, -0.2) is 17.8 Å². The van der Waals surface area contributed by atoms with Crippen LogP contribution in [0, 0.1) is 12.7 Å². The Balaban J connectivity index is 3.00. The van der Waals surface area contributed by atoms with E-state index in [1.54, 1.807) is 6.07 Å². The number of aliphatic hydroxyl groups excluding tert-OH is 1. The van der Waals surface area contributed by atoms with Gasteiger partial charge in [-0.2, -0.15) is 0 Å². The van der Waals surface area contributed by atoms with Crippen molar-refractivity contribution in [3.05, 3.63) is 35.1 Å². The summed E-state index contributed by atoms with van der Waals surface area (Å²) < 4.78 is 13.0. The number of aryl methyl sites for hydroxylation is 1. The van der Waals surface area contributed by atoms with Crippen molar-refractivity contribution in [2.75, 3.05) is 6.61 Å². The van der Waals surface area contributed by atoms with E-state index in [0.29, 0.717) is 6.42 Å². The van der Waals surface area contributed by atoms with E-state index in [1.807, 2.05) is 13.8 Å². The summed E-state index contributed by atoms with van der Waals surface area (Å²) >= 11 is 0. The van der Waals surface area contributed by atoms with Gasteiger partial charge in [0, 0.05) is 18.6 Å². The average molecular weight is 225 g/mol. The molecule has 1 aromatic carbocycles. The molecule has 0 aromatic heterocycles. The molecular formula is C13H20FNO. The van der Waals surface area contributed by atoms with Crippen molar-refractivity contribution >= 4 is 0 Å². The van der Waals surface area contributed by atoms with E-state index in [-0.39, 0.29) is 24.4 Å². The third kappa shape index (κ3) is 3.03. The quantitative estimate of drug-likeness (QED) is 0.808. The molecule has 3 heteroatoms. The maximum absolute atomic E-state index is 13.0. The van der Waals surface area contributed by atoms with Crippen molar-refractivity contribution in [3.63, 3.8) is 0 Å². The Morgan fingerprint density at radius 2 is 2.12 bits per heavy atom. The lowest BCUT2D eigenvalue weighted by Gasteiger charge is -2.24. The Morgan fingerprint density at radius 3 is 2.62 bits per heavy atom. The van der Waals surface area contributed by atoms with Crippen molar-refractivity contribution in [3.8, 4) is 0 Å². The first-order valence-electron chi connectivity index (χ1n) is 5.72. The molecule has 3 N–H and O–H groups in total. The van der Waals surface area contributed by atoms with Crippen LogP contribution in [0.15, 0.2) is 18.2 Å². The van der Waals surface area contributed by atoms with Crippen LogP contribution in [0.25, 0.3) is 0 Å². The van der Waals surface area contributed by atoms with Gasteiger partial charge in [0.15, 0.2) is 0 Å². The summed E-state index contributed by atoms with van der Waals surface area (Å²) in [7, 11) is 0. The average Bonchev–Trinajstić information content (AvgIpc) is 2.26. The van der Waals surface area contributed by atoms with E-state index in [2.05, 4.69) is 0 Å². The smallest absolute Gasteiger partial charge is 0.123 e. The number of halogens is 1. The summed E-state index contributed by atoms with van der Waals surface area (Å²) in [5.41, 5.74) is 7.99. The molecule has 2 nitrogen and oxygen atoms in total. The molecule has 2 atom stereocenters. The predicted octanol–water partition coefficient (Wildman–Crippen LogP) is 2.34.